The third kappa shape index (κ3) is 4.42. The fourth-order valence-electron chi connectivity index (χ4n) is 1.88. The van der Waals surface area contributed by atoms with Crippen LogP contribution in [0.25, 0.3) is 0 Å². The van der Waals surface area contributed by atoms with Crippen LogP contribution in [0.1, 0.15) is 42.0 Å². The predicted molar refractivity (Wildman–Crippen MR) is 81.0 cm³/mol. The van der Waals surface area contributed by atoms with Crippen molar-refractivity contribution in [2.45, 2.75) is 25.8 Å². The number of hydrogen-bond acceptors (Lipinski definition) is 4. The van der Waals surface area contributed by atoms with Crippen LogP contribution in [0.15, 0.2) is 29.2 Å². The van der Waals surface area contributed by atoms with Crippen LogP contribution >= 0.6 is 11.3 Å². The lowest BCUT2D eigenvalue weighted by molar-refractivity contribution is -0.121. The Morgan fingerprint density at radius 2 is 2.33 bits per heavy atom. The molecule has 3 N–H and O–H groups in total. The van der Waals surface area contributed by atoms with Gasteiger partial charge in [0.25, 0.3) is 5.91 Å². The fraction of sp³-hybridized carbons (Fsp3) is 0.357. The van der Waals surface area contributed by atoms with Gasteiger partial charge in [0.05, 0.1) is 6.04 Å². The Morgan fingerprint density at radius 3 is 2.95 bits per heavy atom. The molecule has 0 fully saturated rings. The Kier molecular flexibility index (Phi) is 5.51. The molecular formula is C14H18N4O2S. The number of rotatable bonds is 7. The van der Waals surface area contributed by atoms with E-state index in [0.717, 1.165) is 12.2 Å². The third-order valence-electron chi connectivity index (χ3n) is 3.01. The summed E-state index contributed by atoms with van der Waals surface area (Å²) in [4.78, 5) is 30.7. The van der Waals surface area contributed by atoms with Gasteiger partial charge in [-0.3, -0.25) is 9.59 Å². The molecule has 0 aliphatic rings. The van der Waals surface area contributed by atoms with Crippen molar-refractivity contribution in [2.24, 2.45) is 0 Å². The van der Waals surface area contributed by atoms with Gasteiger partial charge in [0.1, 0.15) is 5.82 Å². The van der Waals surface area contributed by atoms with Crippen LogP contribution < -0.4 is 10.6 Å². The first-order chi connectivity index (χ1) is 10.2. The highest BCUT2D eigenvalue weighted by Gasteiger charge is 2.14. The van der Waals surface area contributed by atoms with E-state index >= 15 is 0 Å². The number of imidazole rings is 1. The lowest BCUT2D eigenvalue weighted by Crippen LogP contribution is -2.33. The van der Waals surface area contributed by atoms with Crippen molar-refractivity contribution in [1.29, 1.82) is 0 Å². The molecule has 0 aliphatic carbocycles. The molecule has 2 amide bonds. The van der Waals surface area contributed by atoms with Crippen LogP contribution in [-0.2, 0) is 4.79 Å². The maximum absolute atomic E-state index is 11.9. The minimum absolute atomic E-state index is 0.108. The molecule has 0 aliphatic heterocycles. The van der Waals surface area contributed by atoms with E-state index in [2.05, 4.69) is 20.6 Å². The normalized spacial score (nSPS) is 11.9. The lowest BCUT2D eigenvalue weighted by Gasteiger charge is -2.14. The molecule has 0 saturated carbocycles. The summed E-state index contributed by atoms with van der Waals surface area (Å²) in [6.07, 6.45) is 4.38. The van der Waals surface area contributed by atoms with Crippen molar-refractivity contribution in [3.8, 4) is 0 Å². The molecule has 2 rings (SSSR count). The van der Waals surface area contributed by atoms with Crippen LogP contribution in [0.3, 0.4) is 0 Å². The van der Waals surface area contributed by atoms with E-state index in [-0.39, 0.29) is 24.3 Å². The number of H-pyrrole nitrogens is 1. The van der Waals surface area contributed by atoms with Crippen molar-refractivity contribution in [3.05, 3.63) is 40.6 Å². The zero-order valence-electron chi connectivity index (χ0n) is 11.8. The fourth-order valence-corrected chi connectivity index (χ4v) is 2.52. The number of hydrogen-bond donors (Lipinski definition) is 3. The largest absolute Gasteiger partial charge is 0.351 e. The van der Waals surface area contributed by atoms with Crippen molar-refractivity contribution < 1.29 is 9.59 Å². The van der Waals surface area contributed by atoms with E-state index in [1.165, 1.54) is 11.3 Å². The van der Waals surface area contributed by atoms with Gasteiger partial charge in [0.15, 0.2) is 0 Å². The second-order valence-electron chi connectivity index (χ2n) is 4.52. The number of aromatic nitrogens is 2. The van der Waals surface area contributed by atoms with Gasteiger partial charge in [-0.05, 0) is 17.9 Å². The van der Waals surface area contributed by atoms with Gasteiger partial charge in [-0.15, -0.1) is 0 Å². The zero-order valence-corrected chi connectivity index (χ0v) is 12.6. The zero-order chi connectivity index (χ0) is 15.1. The molecule has 2 aromatic heterocycles. The summed E-state index contributed by atoms with van der Waals surface area (Å²) in [5.74, 6) is 0.485. The number of thiophene rings is 1. The smallest absolute Gasteiger partial charge is 0.252 e. The van der Waals surface area contributed by atoms with Gasteiger partial charge in [-0.25, -0.2) is 4.98 Å². The molecular weight excluding hydrogens is 288 g/mol. The molecule has 2 aromatic rings. The number of nitrogens with zero attached hydrogens (tertiary/aromatic N) is 1. The monoisotopic (exact) mass is 306 g/mol. The van der Waals surface area contributed by atoms with E-state index in [4.69, 9.17) is 0 Å². The molecule has 1 unspecified atom stereocenters. The Morgan fingerprint density at radius 1 is 1.48 bits per heavy atom. The summed E-state index contributed by atoms with van der Waals surface area (Å²) in [6.45, 7) is 2.29. The maximum Gasteiger partial charge on any atom is 0.252 e. The average molecular weight is 306 g/mol. The highest BCUT2D eigenvalue weighted by molar-refractivity contribution is 7.08. The van der Waals surface area contributed by atoms with Crippen molar-refractivity contribution in [1.82, 2.24) is 20.6 Å². The van der Waals surface area contributed by atoms with Gasteiger partial charge in [0.2, 0.25) is 5.91 Å². The number of carbonyl (C=O) groups is 2. The first-order valence-electron chi connectivity index (χ1n) is 6.79. The Hall–Kier alpha value is -2.15. The molecule has 7 heteroatoms. The highest BCUT2D eigenvalue weighted by atomic mass is 32.1. The summed E-state index contributed by atoms with van der Waals surface area (Å²) in [7, 11) is 0. The van der Waals surface area contributed by atoms with Crippen LogP contribution in [0, 0.1) is 0 Å². The highest BCUT2D eigenvalue weighted by Crippen LogP contribution is 2.11. The van der Waals surface area contributed by atoms with Crippen molar-refractivity contribution in [3.63, 3.8) is 0 Å². The summed E-state index contributed by atoms with van der Waals surface area (Å²) >= 11 is 1.47. The topological polar surface area (TPSA) is 86.9 Å². The SMILES string of the molecule is CCC(NC(=O)CCNC(=O)c1ccsc1)c1ncc[nH]1. The van der Waals surface area contributed by atoms with Gasteiger partial charge >= 0.3 is 0 Å². The van der Waals surface area contributed by atoms with Crippen LogP contribution in [-0.4, -0.2) is 28.3 Å². The lowest BCUT2D eigenvalue weighted by atomic mass is 10.2. The van der Waals surface area contributed by atoms with E-state index in [1.54, 1.807) is 23.8 Å². The molecule has 112 valence electrons. The second-order valence-corrected chi connectivity index (χ2v) is 5.30. The number of amides is 2. The summed E-state index contributed by atoms with van der Waals surface area (Å²) < 4.78 is 0. The predicted octanol–water partition coefficient (Wildman–Crippen LogP) is 1.86. The summed E-state index contributed by atoms with van der Waals surface area (Å²) in [6, 6.07) is 1.63. The van der Waals surface area contributed by atoms with Gasteiger partial charge in [-0.1, -0.05) is 6.92 Å². The first kappa shape index (κ1) is 15.2. The van der Waals surface area contributed by atoms with E-state index < -0.39 is 0 Å². The minimum Gasteiger partial charge on any atom is -0.351 e. The summed E-state index contributed by atoms with van der Waals surface area (Å²) in [5, 5.41) is 9.24. The number of aromatic amines is 1. The maximum atomic E-state index is 11.9. The molecule has 1 atom stereocenters. The van der Waals surface area contributed by atoms with Gasteiger partial charge in [-0.2, -0.15) is 11.3 Å². The number of nitrogens with one attached hydrogen (secondary N) is 3. The molecule has 0 aromatic carbocycles. The van der Waals surface area contributed by atoms with Crippen molar-refractivity contribution in [2.75, 3.05) is 6.54 Å². The molecule has 0 saturated heterocycles. The second kappa shape index (κ2) is 7.58. The van der Waals surface area contributed by atoms with Gasteiger partial charge < -0.3 is 15.6 Å². The molecule has 0 spiro atoms. The quantitative estimate of drug-likeness (QED) is 0.729. The Bertz CT molecular complexity index is 566. The van der Waals surface area contributed by atoms with Crippen LogP contribution in [0.2, 0.25) is 0 Å². The van der Waals surface area contributed by atoms with Crippen molar-refractivity contribution >= 4 is 23.2 Å². The van der Waals surface area contributed by atoms with Crippen LogP contribution in [0.4, 0.5) is 0 Å². The standard InChI is InChI=1S/C14H18N4O2S/c1-2-11(13-15-6-7-16-13)18-12(19)3-5-17-14(20)10-4-8-21-9-10/h4,6-9,11H,2-3,5H2,1H3,(H,15,16)(H,17,20)(H,18,19). The van der Waals surface area contributed by atoms with E-state index in [9.17, 15) is 9.59 Å². The Balaban J connectivity index is 1.73. The number of carbonyl (C=O) groups excluding carboxylic acids is 2. The minimum atomic E-state index is -0.151. The van der Waals surface area contributed by atoms with E-state index in [0.29, 0.717) is 12.1 Å². The van der Waals surface area contributed by atoms with Crippen LogP contribution in [0.5, 0.6) is 0 Å². The molecule has 0 bridgehead atoms. The molecule has 0 radical (unpaired) electrons. The van der Waals surface area contributed by atoms with E-state index in [1.807, 2.05) is 12.3 Å². The molecule has 2 heterocycles. The molecule has 6 nitrogen and oxygen atoms in total. The van der Waals surface area contributed by atoms with Gasteiger partial charge in [0, 0.05) is 36.3 Å². The molecule has 21 heavy (non-hydrogen) atoms. The summed E-state index contributed by atoms with van der Waals surface area (Å²) in [5.41, 5.74) is 0.627. The first-order valence-corrected chi connectivity index (χ1v) is 7.74. The Labute approximate surface area is 127 Å². The average Bonchev–Trinajstić information content (AvgIpc) is 3.17. The third-order valence-corrected chi connectivity index (χ3v) is 3.70.